The molecule has 0 saturated heterocycles. The van der Waals surface area contributed by atoms with Crippen molar-refractivity contribution in [3.63, 3.8) is 0 Å². The van der Waals surface area contributed by atoms with E-state index in [0.717, 1.165) is 10.9 Å². The monoisotopic (exact) mass is 297 g/mol. The largest absolute Gasteiger partial charge is 0.327 e. The fraction of sp³-hybridized carbons (Fsp3) is 0.600. The molecule has 0 aliphatic carbocycles. The van der Waals surface area contributed by atoms with Crippen molar-refractivity contribution >= 4 is 15.9 Å². The van der Waals surface area contributed by atoms with Gasteiger partial charge >= 0.3 is 0 Å². The first kappa shape index (κ1) is 14.7. The molecule has 96 valence electrons. The number of rotatable bonds is 7. The van der Waals surface area contributed by atoms with Gasteiger partial charge < -0.3 is 5.73 Å². The normalized spacial score (nSPS) is 14.6. The summed E-state index contributed by atoms with van der Waals surface area (Å²) in [7, 11) is 0. The van der Waals surface area contributed by atoms with Gasteiger partial charge in [-0.15, -0.1) is 0 Å². The minimum Gasteiger partial charge on any atom is -0.327 e. The van der Waals surface area contributed by atoms with Crippen molar-refractivity contribution < 1.29 is 0 Å². The maximum atomic E-state index is 6.34. The predicted molar refractivity (Wildman–Crippen MR) is 79.1 cm³/mol. The Morgan fingerprint density at radius 2 is 2.06 bits per heavy atom. The van der Waals surface area contributed by atoms with E-state index < -0.39 is 0 Å². The number of hydrogen-bond acceptors (Lipinski definition) is 1. The van der Waals surface area contributed by atoms with Gasteiger partial charge in [-0.2, -0.15) is 0 Å². The Kier molecular flexibility index (Phi) is 6.83. The van der Waals surface area contributed by atoms with E-state index in [2.05, 4.69) is 54.0 Å². The summed E-state index contributed by atoms with van der Waals surface area (Å²) in [6.07, 6.45) is 6.00. The average molecular weight is 298 g/mol. The van der Waals surface area contributed by atoms with Gasteiger partial charge in [0, 0.05) is 10.5 Å². The second-order valence-electron chi connectivity index (χ2n) is 4.81. The van der Waals surface area contributed by atoms with Gasteiger partial charge in [-0.05, 0) is 36.5 Å². The molecule has 0 aliphatic rings. The maximum absolute atomic E-state index is 6.34. The molecule has 1 aromatic rings. The molecule has 0 heterocycles. The summed E-state index contributed by atoms with van der Waals surface area (Å²) >= 11 is 3.51. The third kappa shape index (κ3) is 5.22. The van der Waals surface area contributed by atoms with E-state index in [0.29, 0.717) is 12.0 Å². The number of benzene rings is 1. The highest BCUT2D eigenvalue weighted by Gasteiger charge is 2.15. The average Bonchev–Trinajstić information content (AvgIpc) is 2.30. The summed E-state index contributed by atoms with van der Waals surface area (Å²) in [5.74, 6) is 0.661. The Morgan fingerprint density at radius 3 is 2.65 bits per heavy atom. The van der Waals surface area contributed by atoms with Crippen LogP contribution in [0.25, 0.3) is 0 Å². The fourth-order valence-corrected chi connectivity index (χ4v) is 2.74. The van der Waals surface area contributed by atoms with Crippen molar-refractivity contribution in [3.05, 3.63) is 34.3 Å². The molecule has 2 unspecified atom stereocenters. The van der Waals surface area contributed by atoms with E-state index in [9.17, 15) is 0 Å². The number of halogens is 1. The van der Waals surface area contributed by atoms with Crippen LogP contribution in [-0.4, -0.2) is 6.04 Å². The fourth-order valence-electron chi connectivity index (χ4n) is 2.29. The second kappa shape index (κ2) is 7.88. The molecule has 0 fully saturated rings. The molecule has 2 N–H and O–H groups in total. The zero-order chi connectivity index (χ0) is 12.7. The molecule has 0 bridgehead atoms. The zero-order valence-electron chi connectivity index (χ0n) is 11.0. The van der Waals surface area contributed by atoms with Crippen molar-refractivity contribution in [1.82, 2.24) is 0 Å². The highest BCUT2D eigenvalue weighted by atomic mass is 79.9. The summed E-state index contributed by atoms with van der Waals surface area (Å²) in [6.45, 7) is 4.49. The lowest BCUT2D eigenvalue weighted by Crippen LogP contribution is -2.32. The Hall–Kier alpha value is -0.340. The number of unbranched alkanes of at least 4 members (excludes halogenated alkanes) is 1. The highest BCUT2D eigenvalue weighted by Crippen LogP contribution is 2.20. The number of hydrogen-bond donors (Lipinski definition) is 1. The van der Waals surface area contributed by atoms with E-state index in [4.69, 9.17) is 5.73 Å². The van der Waals surface area contributed by atoms with Crippen molar-refractivity contribution in [2.75, 3.05) is 0 Å². The number of nitrogens with two attached hydrogens (primary N) is 1. The first-order valence-corrected chi connectivity index (χ1v) is 7.46. The van der Waals surface area contributed by atoms with Crippen LogP contribution in [0.2, 0.25) is 0 Å². The van der Waals surface area contributed by atoms with Gasteiger partial charge in [-0.25, -0.2) is 0 Å². The van der Waals surface area contributed by atoms with Crippen LogP contribution in [0.15, 0.2) is 28.7 Å². The SMILES string of the molecule is CCCCC(CC)C(N)Cc1cccc(Br)c1. The highest BCUT2D eigenvalue weighted by molar-refractivity contribution is 9.10. The molecule has 0 radical (unpaired) electrons. The minimum absolute atomic E-state index is 0.292. The van der Waals surface area contributed by atoms with Crippen LogP contribution in [-0.2, 0) is 6.42 Å². The summed E-state index contributed by atoms with van der Waals surface area (Å²) < 4.78 is 1.14. The minimum atomic E-state index is 0.292. The first-order chi connectivity index (χ1) is 8.17. The van der Waals surface area contributed by atoms with E-state index >= 15 is 0 Å². The van der Waals surface area contributed by atoms with E-state index in [1.807, 2.05) is 0 Å². The molecule has 0 aromatic heterocycles. The van der Waals surface area contributed by atoms with Crippen molar-refractivity contribution in [2.45, 2.75) is 52.0 Å². The van der Waals surface area contributed by atoms with Crippen LogP contribution in [0.1, 0.15) is 45.1 Å². The van der Waals surface area contributed by atoms with Crippen molar-refractivity contribution in [3.8, 4) is 0 Å². The van der Waals surface area contributed by atoms with Crippen LogP contribution in [0, 0.1) is 5.92 Å². The summed E-state index contributed by atoms with van der Waals surface area (Å²) in [5.41, 5.74) is 7.67. The van der Waals surface area contributed by atoms with Gasteiger partial charge in [-0.1, -0.05) is 61.2 Å². The molecule has 0 aliphatic heterocycles. The molecular weight excluding hydrogens is 274 g/mol. The van der Waals surface area contributed by atoms with Gasteiger partial charge in [-0.3, -0.25) is 0 Å². The quantitative estimate of drug-likeness (QED) is 0.786. The smallest absolute Gasteiger partial charge is 0.0178 e. The van der Waals surface area contributed by atoms with Crippen LogP contribution in [0.3, 0.4) is 0 Å². The van der Waals surface area contributed by atoms with Crippen LogP contribution >= 0.6 is 15.9 Å². The molecule has 0 amide bonds. The van der Waals surface area contributed by atoms with Crippen LogP contribution in [0.4, 0.5) is 0 Å². The Bertz CT molecular complexity index is 324. The summed E-state index contributed by atoms with van der Waals surface area (Å²) in [6, 6.07) is 8.77. The molecule has 2 atom stereocenters. The Balaban J connectivity index is 2.54. The Labute approximate surface area is 114 Å². The summed E-state index contributed by atoms with van der Waals surface area (Å²) in [5, 5.41) is 0. The van der Waals surface area contributed by atoms with Gasteiger partial charge in [0.2, 0.25) is 0 Å². The van der Waals surface area contributed by atoms with Gasteiger partial charge in [0.25, 0.3) is 0 Å². The van der Waals surface area contributed by atoms with Crippen molar-refractivity contribution in [1.29, 1.82) is 0 Å². The third-order valence-corrected chi connectivity index (χ3v) is 3.91. The van der Waals surface area contributed by atoms with Crippen LogP contribution in [0.5, 0.6) is 0 Å². The lowest BCUT2D eigenvalue weighted by Gasteiger charge is -2.22. The molecule has 1 nitrogen and oxygen atoms in total. The molecule has 1 aromatic carbocycles. The lowest BCUT2D eigenvalue weighted by atomic mass is 9.88. The standard InChI is InChI=1S/C15H24BrN/c1-3-5-8-13(4-2)15(17)11-12-7-6-9-14(16)10-12/h6-7,9-10,13,15H,3-5,8,11,17H2,1-2H3. The van der Waals surface area contributed by atoms with E-state index in [-0.39, 0.29) is 0 Å². The predicted octanol–water partition coefficient (Wildman–Crippen LogP) is 4.54. The molecule has 17 heavy (non-hydrogen) atoms. The first-order valence-electron chi connectivity index (χ1n) is 6.67. The molecule has 0 spiro atoms. The molecular formula is C15H24BrN. The molecule has 2 heteroatoms. The lowest BCUT2D eigenvalue weighted by molar-refractivity contribution is 0.369. The molecule has 0 saturated carbocycles. The van der Waals surface area contributed by atoms with E-state index in [1.54, 1.807) is 0 Å². The van der Waals surface area contributed by atoms with Crippen molar-refractivity contribution in [2.24, 2.45) is 11.7 Å². The maximum Gasteiger partial charge on any atom is 0.0178 e. The van der Waals surface area contributed by atoms with Gasteiger partial charge in [0.15, 0.2) is 0 Å². The third-order valence-electron chi connectivity index (χ3n) is 3.42. The summed E-state index contributed by atoms with van der Waals surface area (Å²) in [4.78, 5) is 0. The van der Waals surface area contributed by atoms with Crippen LogP contribution < -0.4 is 5.73 Å². The second-order valence-corrected chi connectivity index (χ2v) is 5.72. The molecule has 1 rings (SSSR count). The van der Waals surface area contributed by atoms with Gasteiger partial charge in [0.1, 0.15) is 0 Å². The Morgan fingerprint density at radius 1 is 1.29 bits per heavy atom. The van der Waals surface area contributed by atoms with E-state index in [1.165, 1.54) is 31.2 Å². The van der Waals surface area contributed by atoms with Gasteiger partial charge in [0.05, 0.1) is 0 Å². The topological polar surface area (TPSA) is 26.0 Å². The zero-order valence-corrected chi connectivity index (χ0v) is 12.5.